The molecular weight excluding hydrogens is 438 g/mol. The highest BCUT2D eigenvalue weighted by Gasteiger charge is 2.74. The molecule has 3 nitrogen and oxygen atoms in total. The van der Waals surface area contributed by atoms with Crippen molar-refractivity contribution < 1.29 is 23.1 Å². The van der Waals surface area contributed by atoms with E-state index in [4.69, 9.17) is 4.74 Å². The predicted molar refractivity (Wildman–Crippen MR) is 123 cm³/mol. The van der Waals surface area contributed by atoms with Gasteiger partial charge in [0.1, 0.15) is 6.10 Å². The normalized spacial score (nSPS) is 46.1. The average Bonchev–Trinajstić information content (AvgIpc) is 3.00. The third kappa shape index (κ3) is 3.12. The second-order valence-corrected chi connectivity index (χ2v) is 12.6. The van der Waals surface area contributed by atoms with Crippen LogP contribution in [0.5, 0.6) is 0 Å². The van der Waals surface area contributed by atoms with Crippen molar-refractivity contribution >= 4 is 35.3 Å². The number of carbonyl (C=O) groups is 2. The topological polar surface area (TPSA) is 43.4 Å². The summed E-state index contributed by atoms with van der Waals surface area (Å²) >= 11 is 3.40. The molecule has 0 N–H and O–H groups in total. The van der Waals surface area contributed by atoms with Gasteiger partial charge in [-0.1, -0.05) is 18.6 Å². The maximum absolute atomic E-state index is 17.6. The van der Waals surface area contributed by atoms with Gasteiger partial charge >= 0.3 is 5.97 Å². The van der Waals surface area contributed by atoms with E-state index in [-0.39, 0.29) is 33.8 Å². The van der Waals surface area contributed by atoms with Crippen molar-refractivity contribution in [1.29, 1.82) is 0 Å². The van der Waals surface area contributed by atoms with Crippen molar-refractivity contribution in [1.82, 2.24) is 0 Å². The summed E-state index contributed by atoms with van der Waals surface area (Å²) in [5.41, 5.74) is -2.22. The van der Waals surface area contributed by atoms with Gasteiger partial charge in [-0.3, -0.25) is 14.0 Å². The van der Waals surface area contributed by atoms with Crippen LogP contribution in [0.4, 0.5) is 8.78 Å². The minimum atomic E-state index is -1.77. The number of thioether (sulfide) groups is 2. The SMILES string of the molecule is CS[C@@]1(SCCF)CC[C@H]2[C@@H]3CCC4=CC(=O)C=C[C@]4(C)[C@@]3(F)[C@@H](OC(C)=O)C[C@@]21C. The van der Waals surface area contributed by atoms with Crippen molar-refractivity contribution in [2.75, 3.05) is 18.7 Å². The van der Waals surface area contributed by atoms with Gasteiger partial charge < -0.3 is 4.74 Å². The lowest BCUT2D eigenvalue weighted by molar-refractivity contribution is -0.209. The van der Waals surface area contributed by atoms with Gasteiger partial charge in [0.05, 0.1) is 10.8 Å². The van der Waals surface area contributed by atoms with E-state index in [1.165, 1.54) is 13.0 Å². The van der Waals surface area contributed by atoms with Gasteiger partial charge in [-0.25, -0.2) is 4.39 Å². The zero-order valence-corrected chi connectivity index (χ0v) is 20.3. The van der Waals surface area contributed by atoms with Gasteiger partial charge in [0.25, 0.3) is 0 Å². The van der Waals surface area contributed by atoms with Crippen molar-refractivity contribution in [3.63, 3.8) is 0 Å². The number of esters is 1. The van der Waals surface area contributed by atoms with E-state index in [1.54, 1.807) is 35.7 Å². The van der Waals surface area contributed by atoms with E-state index < -0.39 is 23.2 Å². The molecule has 0 spiro atoms. The largest absolute Gasteiger partial charge is 0.459 e. The molecule has 0 aliphatic heterocycles. The third-order valence-corrected chi connectivity index (χ3v) is 12.4. The van der Waals surface area contributed by atoms with Gasteiger partial charge in [0.2, 0.25) is 0 Å². The first kappa shape index (κ1) is 23.3. The fourth-order valence-corrected chi connectivity index (χ4v) is 10.3. The van der Waals surface area contributed by atoms with Crippen LogP contribution in [0.2, 0.25) is 0 Å². The fourth-order valence-electron chi connectivity index (χ4n) is 7.28. The van der Waals surface area contributed by atoms with Crippen LogP contribution in [0.15, 0.2) is 23.8 Å². The van der Waals surface area contributed by atoms with E-state index in [0.717, 1.165) is 18.4 Å². The highest BCUT2D eigenvalue weighted by atomic mass is 32.2. The smallest absolute Gasteiger partial charge is 0.303 e. The third-order valence-electron chi connectivity index (χ3n) is 8.71. The van der Waals surface area contributed by atoms with E-state index >= 15 is 4.39 Å². The summed E-state index contributed by atoms with van der Waals surface area (Å²) in [6.45, 7) is 5.02. The molecule has 4 rings (SSSR count). The molecule has 7 heteroatoms. The van der Waals surface area contributed by atoms with Crippen LogP contribution in [-0.2, 0) is 14.3 Å². The monoisotopic (exact) mass is 470 g/mol. The Balaban J connectivity index is 1.83. The molecular formula is C24H32F2O3S2. The van der Waals surface area contributed by atoms with Gasteiger partial charge in [0.15, 0.2) is 11.5 Å². The van der Waals surface area contributed by atoms with Crippen LogP contribution in [0.1, 0.15) is 52.9 Å². The first-order valence-corrected chi connectivity index (χ1v) is 13.3. The second kappa shape index (κ2) is 7.89. The molecule has 7 atom stereocenters. The number of ketones is 1. The Hall–Kier alpha value is -0.820. The van der Waals surface area contributed by atoms with Crippen molar-refractivity contribution in [2.24, 2.45) is 22.7 Å². The number of ether oxygens (including phenoxy) is 1. The number of carbonyl (C=O) groups excluding carboxylic acids is 2. The molecule has 0 heterocycles. The zero-order chi connectivity index (χ0) is 22.7. The van der Waals surface area contributed by atoms with Crippen molar-refractivity contribution in [2.45, 2.75) is 68.7 Å². The molecule has 3 saturated carbocycles. The van der Waals surface area contributed by atoms with E-state index in [2.05, 4.69) is 13.2 Å². The lowest BCUT2D eigenvalue weighted by Crippen LogP contribution is -2.68. The Kier molecular flexibility index (Phi) is 5.94. The molecule has 0 unspecified atom stereocenters. The molecule has 4 aliphatic rings. The molecule has 0 bridgehead atoms. The number of hydrogen-bond donors (Lipinski definition) is 0. The molecule has 31 heavy (non-hydrogen) atoms. The van der Waals surface area contributed by atoms with Crippen LogP contribution in [0.3, 0.4) is 0 Å². The number of halogens is 2. The minimum absolute atomic E-state index is 0.107. The number of fused-ring (bicyclic) bond motifs is 5. The lowest BCUT2D eigenvalue weighted by atomic mass is 9.46. The van der Waals surface area contributed by atoms with E-state index in [1.807, 2.05) is 6.92 Å². The first-order chi connectivity index (χ1) is 14.6. The summed E-state index contributed by atoms with van der Waals surface area (Å²) < 4.78 is 36.2. The fraction of sp³-hybridized carbons (Fsp3) is 0.750. The summed E-state index contributed by atoms with van der Waals surface area (Å²) in [4.78, 5) is 24.1. The quantitative estimate of drug-likeness (QED) is 0.381. The van der Waals surface area contributed by atoms with E-state index in [9.17, 15) is 14.0 Å². The highest BCUT2D eigenvalue weighted by Crippen LogP contribution is 2.74. The Morgan fingerprint density at radius 1 is 1.29 bits per heavy atom. The second-order valence-electron chi connectivity index (χ2n) is 9.88. The summed E-state index contributed by atoms with van der Waals surface area (Å²) in [7, 11) is 0. The maximum Gasteiger partial charge on any atom is 0.303 e. The highest BCUT2D eigenvalue weighted by molar-refractivity contribution is 8.18. The zero-order valence-electron chi connectivity index (χ0n) is 18.7. The van der Waals surface area contributed by atoms with Gasteiger partial charge in [-0.05, 0) is 68.8 Å². The summed E-state index contributed by atoms with van der Waals surface area (Å²) in [5, 5.41) is 0. The Bertz CT molecular complexity index is 845. The van der Waals surface area contributed by atoms with Crippen molar-refractivity contribution in [3.8, 4) is 0 Å². The van der Waals surface area contributed by atoms with Crippen LogP contribution < -0.4 is 0 Å². The van der Waals surface area contributed by atoms with E-state index in [0.29, 0.717) is 25.0 Å². The standard InChI is InChI=1S/C24H32F2O3S2/c1-15(27)29-20-14-22(3)18(8-10-23(22,30-4)31-12-11-25)19-6-5-16-13-17(28)7-9-21(16,2)24(19,20)26/h7,9,13,18-20H,5-6,8,10-12,14H2,1-4H3/t18-,19-,20-,21-,22-,23+,24-/m0/s1. The number of hydrogen-bond acceptors (Lipinski definition) is 5. The first-order valence-electron chi connectivity index (χ1n) is 11.1. The molecule has 4 aliphatic carbocycles. The summed E-state index contributed by atoms with van der Waals surface area (Å²) in [5.74, 6) is -0.335. The molecule has 0 saturated heterocycles. The number of alkyl halides is 2. The molecule has 172 valence electrons. The lowest BCUT2D eigenvalue weighted by Gasteiger charge is -2.63. The minimum Gasteiger partial charge on any atom is -0.459 e. The number of allylic oxidation sites excluding steroid dienone is 4. The number of rotatable bonds is 5. The molecule has 0 aromatic heterocycles. The van der Waals surface area contributed by atoms with Crippen LogP contribution >= 0.6 is 23.5 Å². The van der Waals surface area contributed by atoms with Gasteiger partial charge in [-0.2, -0.15) is 0 Å². The molecule has 0 aromatic carbocycles. The average molecular weight is 471 g/mol. The Morgan fingerprint density at radius 2 is 2.03 bits per heavy atom. The van der Waals surface area contributed by atoms with Crippen LogP contribution in [-0.4, -0.2) is 46.3 Å². The van der Waals surface area contributed by atoms with Crippen molar-refractivity contribution in [3.05, 3.63) is 23.8 Å². The summed E-state index contributed by atoms with van der Waals surface area (Å²) in [6.07, 6.45) is 9.41. The van der Waals surface area contributed by atoms with Gasteiger partial charge in [-0.15, -0.1) is 23.5 Å². The molecule has 0 aromatic rings. The molecule has 0 amide bonds. The van der Waals surface area contributed by atoms with Crippen LogP contribution in [0, 0.1) is 22.7 Å². The van der Waals surface area contributed by atoms with Crippen LogP contribution in [0.25, 0.3) is 0 Å². The maximum atomic E-state index is 17.6. The summed E-state index contributed by atoms with van der Waals surface area (Å²) in [6, 6.07) is 0. The Morgan fingerprint density at radius 3 is 2.68 bits per heavy atom. The molecule has 0 radical (unpaired) electrons. The predicted octanol–water partition coefficient (Wildman–Crippen LogP) is 5.69. The Labute approximate surface area is 192 Å². The molecule has 3 fully saturated rings. The van der Waals surface area contributed by atoms with Gasteiger partial charge in [0, 0.05) is 24.0 Å².